The zero-order chi connectivity index (χ0) is 24.4. The minimum absolute atomic E-state index is 0.0874. The summed E-state index contributed by atoms with van der Waals surface area (Å²) in [5, 5.41) is 28.4. The Hall–Kier alpha value is -3.41. The van der Waals surface area contributed by atoms with E-state index < -0.39 is 0 Å². The molecule has 4 N–H and O–H groups in total. The fourth-order valence-electron chi connectivity index (χ4n) is 3.94. The second-order valence-corrected chi connectivity index (χ2v) is 9.96. The van der Waals surface area contributed by atoms with Crippen molar-refractivity contribution in [2.45, 2.75) is 42.3 Å². The summed E-state index contributed by atoms with van der Waals surface area (Å²) < 4.78 is 1.79. The summed E-state index contributed by atoms with van der Waals surface area (Å²) in [5.74, 6) is 1.64. The molecule has 1 atom stereocenters. The third kappa shape index (κ3) is 5.64. The molecule has 0 aliphatic carbocycles. The molecule has 1 amide bonds. The van der Waals surface area contributed by atoms with Crippen LogP contribution < -0.4 is 10.6 Å². The number of aliphatic hydroxyl groups excluding tert-OH is 1. The zero-order valence-corrected chi connectivity index (χ0v) is 20.4. The Balaban J connectivity index is 1.26. The lowest BCUT2D eigenvalue weighted by Crippen LogP contribution is -2.32. The molecule has 1 fully saturated rings. The third-order valence-electron chi connectivity index (χ3n) is 5.80. The summed E-state index contributed by atoms with van der Waals surface area (Å²) in [6.07, 6.45) is 2.27. The molecule has 1 aromatic carbocycles. The quantitative estimate of drug-likeness (QED) is 0.295. The molecule has 0 unspecified atom stereocenters. The highest BCUT2D eigenvalue weighted by Gasteiger charge is 2.22. The first-order valence-corrected chi connectivity index (χ1v) is 12.4. The van der Waals surface area contributed by atoms with E-state index in [9.17, 15) is 9.90 Å². The second-order valence-electron chi connectivity index (χ2n) is 8.92. The summed E-state index contributed by atoms with van der Waals surface area (Å²) in [7, 11) is 0. The molecule has 1 aliphatic rings. The van der Waals surface area contributed by atoms with E-state index >= 15 is 0 Å². The normalized spacial score (nSPS) is 16.3. The molecule has 0 bridgehead atoms. The van der Waals surface area contributed by atoms with Gasteiger partial charge in [-0.3, -0.25) is 14.8 Å². The molecule has 3 aromatic heterocycles. The highest BCUT2D eigenvalue weighted by molar-refractivity contribution is 7.99. The lowest BCUT2D eigenvalue weighted by molar-refractivity contribution is -0.117. The largest absolute Gasteiger partial charge is 0.392 e. The Morgan fingerprint density at radius 1 is 1.29 bits per heavy atom. The molecule has 1 saturated heterocycles. The van der Waals surface area contributed by atoms with E-state index in [1.807, 2.05) is 53.6 Å². The van der Waals surface area contributed by atoms with Gasteiger partial charge >= 0.3 is 0 Å². The lowest BCUT2D eigenvalue weighted by atomic mass is 10.1. The van der Waals surface area contributed by atoms with Gasteiger partial charge in [-0.05, 0) is 60.5 Å². The molecule has 4 aromatic rings. The van der Waals surface area contributed by atoms with Crippen molar-refractivity contribution in [2.24, 2.45) is 0 Å². The maximum atomic E-state index is 12.3. The van der Waals surface area contributed by atoms with Crippen LogP contribution in [0.25, 0.3) is 5.52 Å². The number of benzene rings is 1. The van der Waals surface area contributed by atoms with Crippen LogP contribution >= 0.6 is 11.8 Å². The lowest BCUT2D eigenvalue weighted by Gasteiger charge is -2.14. The van der Waals surface area contributed by atoms with Crippen LogP contribution in [-0.2, 0) is 4.79 Å². The van der Waals surface area contributed by atoms with Gasteiger partial charge in [0.2, 0.25) is 11.1 Å². The monoisotopic (exact) mass is 492 g/mol. The van der Waals surface area contributed by atoms with Crippen LogP contribution in [0.15, 0.2) is 58.7 Å². The number of fused-ring (bicyclic) bond motifs is 1. The zero-order valence-electron chi connectivity index (χ0n) is 19.6. The molecule has 35 heavy (non-hydrogen) atoms. The predicted molar refractivity (Wildman–Crippen MR) is 135 cm³/mol. The Morgan fingerprint density at radius 2 is 2.11 bits per heavy atom. The molecule has 10 nitrogen and oxygen atoms in total. The van der Waals surface area contributed by atoms with Crippen molar-refractivity contribution in [1.82, 2.24) is 29.7 Å². The predicted octanol–water partition coefficient (Wildman–Crippen LogP) is 3.48. The van der Waals surface area contributed by atoms with Gasteiger partial charge in [-0.15, -0.1) is 5.10 Å². The van der Waals surface area contributed by atoms with Crippen LogP contribution in [-0.4, -0.2) is 66.4 Å². The van der Waals surface area contributed by atoms with Crippen molar-refractivity contribution in [3.63, 3.8) is 0 Å². The number of rotatable bonds is 8. The van der Waals surface area contributed by atoms with E-state index in [1.54, 1.807) is 4.52 Å². The molecule has 0 saturated carbocycles. The van der Waals surface area contributed by atoms with Crippen LogP contribution in [0.1, 0.15) is 31.9 Å². The van der Waals surface area contributed by atoms with Crippen molar-refractivity contribution in [1.29, 1.82) is 0 Å². The molecule has 4 heterocycles. The average Bonchev–Trinajstić information content (AvgIpc) is 3.56. The van der Waals surface area contributed by atoms with Crippen LogP contribution in [0.5, 0.6) is 0 Å². The Labute approximate surface area is 207 Å². The van der Waals surface area contributed by atoms with Crippen molar-refractivity contribution in [3.05, 3.63) is 54.4 Å². The second kappa shape index (κ2) is 10.1. The topological polar surface area (TPSA) is 123 Å². The number of nitrogens with zero attached hydrogens (tertiary/aromatic N) is 5. The number of β-amino-alcohol motifs (C(OH)–C–C–N with tert-alkyl or cyclic N) is 1. The summed E-state index contributed by atoms with van der Waals surface area (Å²) >= 11 is 1.43. The number of aromatic amines is 1. The fraction of sp³-hybridized carbons (Fsp3) is 0.333. The van der Waals surface area contributed by atoms with Gasteiger partial charge in [-0.1, -0.05) is 13.8 Å². The number of hydrogen-bond acceptors (Lipinski definition) is 8. The maximum Gasteiger partial charge on any atom is 0.238 e. The molecule has 1 aliphatic heterocycles. The number of aliphatic hydroxyl groups is 1. The number of hydrogen-bond donors (Lipinski definition) is 4. The van der Waals surface area contributed by atoms with Gasteiger partial charge in [0.15, 0.2) is 11.6 Å². The van der Waals surface area contributed by atoms with Gasteiger partial charge in [0.1, 0.15) is 5.52 Å². The smallest absolute Gasteiger partial charge is 0.238 e. The fourth-order valence-corrected chi connectivity index (χ4v) is 4.69. The van der Waals surface area contributed by atoms with E-state index in [2.05, 4.69) is 39.8 Å². The van der Waals surface area contributed by atoms with Gasteiger partial charge in [0, 0.05) is 41.6 Å². The Kier molecular flexibility index (Phi) is 6.71. The summed E-state index contributed by atoms with van der Waals surface area (Å²) in [6, 6.07) is 13.4. The summed E-state index contributed by atoms with van der Waals surface area (Å²) in [5.41, 5.74) is 2.63. The number of carbonyl (C=O) groups is 1. The first-order valence-electron chi connectivity index (χ1n) is 11.6. The summed E-state index contributed by atoms with van der Waals surface area (Å²) in [4.78, 5) is 19.9. The number of amides is 1. The van der Waals surface area contributed by atoms with E-state index in [-0.39, 0.29) is 18.6 Å². The molecule has 0 radical (unpaired) electrons. The molecular weight excluding hydrogens is 464 g/mol. The minimum Gasteiger partial charge on any atom is -0.392 e. The Bertz CT molecular complexity index is 1320. The summed E-state index contributed by atoms with van der Waals surface area (Å²) in [6.45, 7) is 5.79. The highest BCUT2D eigenvalue weighted by atomic mass is 32.2. The minimum atomic E-state index is -0.334. The van der Waals surface area contributed by atoms with Crippen LogP contribution in [0.4, 0.5) is 17.3 Å². The van der Waals surface area contributed by atoms with Crippen molar-refractivity contribution < 1.29 is 9.90 Å². The van der Waals surface area contributed by atoms with Crippen LogP contribution in [0, 0.1) is 0 Å². The van der Waals surface area contributed by atoms with Gasteiger partial charge in [0.05, 0.1) is 12.6 Å². The molecule has 11 heteroatoms. The first-order chi connectivity index (χ1) is 16.9. The van der Waals surface area contributed by atoms with Crippen molar-refractivity contribution >= 4 is 40.5 Å². The van der Waals surface area contributed by atoms with E-state index in [4.69, 9.17) is 4.98 Å². The number of nitrogens with one attached hydrogen (secondary N) is 3. The van der Waals surface area contributed by atoms with Crippen molar-refractivity contribution in [2.75, 3.05) is 30.3 Å². The number of anilines is 3. The van der Waals surface area contributed by atoms with Gasteiger partial charge < -0.3 is 15.7 Å². The Morgan fingerprint density at radius 3 is 2.83 bits per heavy atom. The number of likely N-dealkylation sites (tertiary alicyclic amines) is 1. The van der Waals surface area contributed by atoms with Gasteiger partial charge in [0.25, 0.3) is 0 Å². The first kappa shape index (κ1) is 23.3. The number of carbonyl (C=O) groups excluding carboxylic acids is 1. The third-order valence-corrected chi connectivity index (χ3v) is 6.66. The number of H-pyrrole nitrogens is 1. The van der Waals surface area contributed by atoms with Crippen LogP contribution in [0.3, 0.4) is 0 Å². The van der Waals surface area contributed by atoms with E-state index in [0.29, 0.717) is 35.7 Å². The molecule has 5 rings (SSSR count). The van der Waals surface area contributed by atoms with Crippen LogP contribution in [0.2, 0.25) is 0 Å². The van der Waals surface area contributed by atoms with Gasteiger partial charge in [-0.2, -0.15) is 5.10 Å². The number of aromatic nitrogens is 5. The maximum absolute atomic E-state index is 12.3. The van der Waals surface area contributed by atoms with Gasteiger partial charge in [-0.25, -0.2) is 9.50 Å². The van der Waals surface area contributed by atoms with Crippen molar-refractivity contribution in [3.8, 4) is 0 Å². The average molecular weight is 493 g/mol. The SMILES string of the molecule is CC(C)c1cc(Nc2nc(Sc3ccc(NC(=O)CN4CC[C@@H](O)C4)cc3)nn3cccc23)n[nH]1. The molecule has 182 valence electrons. The molecule has 0 spiro atoms. The standard InChI is InChI=1S/C24H28N8O2S/c1-15(2)19-12-21(29-28-19)26-23-20-4-3-10-32(20)30-24(27-23)35-18-7-5-16(6-8-18)25-22(34)14-31-11-9-17(33)13-31/h3-8,10,12,15,17,33H,9,11,13-14H2,1-2H3,(H,25,34)(H2,26,27,28,29,30)/t17-/m1/s1. The van der Waals surface area contributed by atoms with E-state index in [1.165, 1.54) is 11.8 Å². The highest BCUT2D eigenvalue weighted by Crippen LogP contribution is 2.29. The molecular formula is C24H28N8O2S. The van der Waals surface area contributed by atoms with E-state index in [0.717, 1.165) is 28.3 Å².